The summed E-state index contributed by atoms with van der Waals surface area (Å²) in [5, 5.41) is 47.9. The molecule has 7 heteroatoms. The van der Waals surface area contributed by atoms with Gasteiger partial charge in [-0.05, 0) is 11.8 Å². The van der Waals surface area contributed by atoms with E-state index in [1.54, 1.807) is 6.92 Å². The third-order valence-corrected chi connectivity index (χ3v) is 3.06. The normalized spacial score (nSPS) is 18.3. The van der Waals surface area contributed by atoms with Crippen LogP contribution < -0.4 is 0 Å². The molecular formula is C14H29NO6. The second-order valence-corrected chi connectivity index (χ2v) is 6.65. The number of carboxylic acid groups (broad SMARTS) is 1. The lowest BCUT2D eigenvalue weighted by Crippen LogP contribution is -2.50. The maximum absolute atomic E-state index is 10.9. The Labute approximate surface area is 125 Å². The summed E-state index contributed by atoms with van der Waals surface area (Å²) in [7, 11) is 0. The largest absolute Gasteiger partial charge is 0.480 e. The Morgan fingerprint density at radius 2 is 1.52 bits per heavy atom. The molecule has 21 heavy (non-hydrogen) atoms. The van der Waals surface area contributed by atoms with Crippen molar-refractivity contribution < 1.29 is 30.3 Å². The Kier molecular flexibility index (Phi) is 8.35. The molecule has 0 saturated carbocycles. The van der Waals surface area contributed by atoms with Crippen molar-refractivity contribution in [3.05, 3.63) is 0 Å². The first-order valence-electron chi connectivity index (χ1n) is 7.14. The number of aliphatic carboxylic acids is 1. The van der Waals surface area contributed by atoms with Crippen LogP contribution in [0.4, 0.5) is 0 Å². The molecule has 0 saturated heterocycles. The van der Waals surface area contributed by atoms with Crippen molar-refractivity contribution in [2.45, 2.75) is 58.5 Å². The number of hydrogen-bond acceptors (Lipinski definition) is 6. The second kappa shape index (κ2) is 8.65. The van der Waals surface area contributed by atoms with Crippen LogP contribution in [0.15, 0.2) is 0 Å². The summed E-state index contributed by atoms with van der Waals surface area (Å²) in [5.41, 5.74) is -0.179. The van der Waals surface area contributed by atoms with Gasteiger partial charge in [0, 0.05) is 13.1 Å². The SMILES string of the molecule is CCC(O)C(O)C(O)C(O)CN(CC(=O)O)CC(C)(C)C. The summed E-state index contributed by atoms with van der Waals surface area (Å²) in [4.78, 5) is 12.4. The average Bonchev–Trinajstić information content (AvgIpc) is 2.32. The van der Waals surface area contributed by atoms with E-state index in [4.69, 9.17) is 5.11 Å². The molecule has 0 heterocycles. The van der Waals surface area contributed by atoms with Gasteiger partial charge in [0.15, 0.2) is 0 Å². The maximum atomic E-state index is 10.9. The lowest BCUT2D eigenvalue weighted by molar-refractivity contribution is -0.140. The van der Waals surface area contributed by atoms with Crippen LogP contribution in [0.25, 0.3) is 0 Å². The van der Waals surface area contributed by atoms with Crippen LogP contribution >= 0.6 is 0 Å². The third-order valence-electron chi connectivity index (χ3n) is 3.06. The zero-order valence-electron chi connectivity index (χ0n) is 13.2. The van der Waals surface area contributed by atoms with E-state index in [0.717, 1.165) is 0 Å². The molecular weight excluding hydrogens is 278 g/mol. The minimum Gasteiger partial charge on any atom is -0.480 e. The van der Waals surface area contributed by atoms with Crippen molar-refractivity contribution in [1.82, 2.24) is 4.90 Å². The summed E-state index contributed by atoms with van der Waals surface area (Å²) in [6, 6.07) is 0. The predicted octanol–water partition coefficient (Wildman–Crippen LogP) is -0.727. The molecule has 4 unspecified atom stereocenters. The van der Waals surface area contributed by atoms with Gasteiger partial charge in [0.25, 0.3) is 0 Å². The summed E-state index contributed by atoms with van der Waals surface area (Å²) >= 11 is 0. The predicted molar refractivity (Wildman–Crippen MR) is 77.8 cm³/mol. The first-order valence-corrected chi connectivity index (χ1v) is 7.14. The molecule has 0 aliphatic rings. The van der Waals surface area contributed by atoms with Crippen molar-refractivity contribution in [3.63, 3.8) is 0 Å². The topological polar surface area (TPSA) is 121 Å². The summed E-state index contributed by atoms with van der Waals surface area (Å²) in [6.45, 7) is 7.48. The van der Waals surface area contributed by atoms with Gasteiger partial charge in [0.2, 0.25) is 0 Å². The van der Waals surface area contributed by atoms with E-state index in [1.807, 2.05) is 20.8 Å². The Hall–Kier alpha value is -0.730. The Balaban J connectivity index is 4.71. The van der Waals surface area contributed by atoms with E-state index < -0.39 is 30.4 Å². The zero-order chi connectivity index (χ0) is 16.8. The summed E-state index contributed by atoms with van der Waals surface area (Å²) in [5.74, 6) is -1.03. The molecule has 126 valence electrons. The Morgan fingerprint density at radius 3 is 1.90 bits per heavy atom. The number of carboxylic acids is 1. The lowest BCUT2D eigenvalue weighted by Gasteiger charge is -2.33. The van der Waals surface area contributed by atoms with E-state index in [-0.39, 0.29) is 24.9 Å². The minimum atomic E-state index is -1.53. The van der Waals surface area contributed by atoms with Crippen molar-refractivity contribution in [2.75, 3.05) is 19.6 Å². The highest BCUT2D eigenvalue weighted by atomic mass is 16.4. The van der Waals surface area contributed by atoms with Crippen LogP contribution in [0.2, 0.25) is 0 Å². The average molecular weight is 307 g/mol. The molecule has 0 spiro atoms. The van der Waals surface area contributed by atoms with Gasteiger partial charge in [-0.3, -0.25) is 9.69 Å². The van der Waals surface area contributed by atoms with Gasteiger partial charge < -0.3 is 25.5 Å². The molecule has 0 rings (SSSR count). The molecule has 5 N–H and O–H groups in total. The fourth-order valence-corrected chi connectivity index (χ4v) is 2.12. The molecule has 0 aliphatic carbocycles. The summed E-state index contributed by atoms with van der Waals surface area (Å²) < 4.78 is 0. The van der Waals surface area contributed by atoms with Crippen molar-refractivity contribution in [1.29, 1.82) is 0 Å². The molecule has 0 bridgehead atoms. The van der Waals surface area contributed by atoms with E-state index in [1.165, 1.54) is 4.90 Å². The van der Waals surface area contributed by atoms with Crippen molar-refractivity contribution in [2.24, 2.45) is 5.41 Å². The minimum absolute atomic E-state index is 0.0990. The summed E-state index contributed by atoms with van der Waals surface area (Å²) in [6.07, 6.45) is -5.23. The molecule has 0 radical (unpaired) electrons. The highest BCUT2D eigenvalue weighted by Crippen LogP contribution is 2.16. The molecule has 0 aromatic heterocycles. The molecule has 0 aromatic carbocycles. The van der Waals surface area contributed by atoms with Crippen LogP contribution in [-0.4, -0.2) is 80.5 Å². The van der Waals surface area contributed by atoms with Crippen molar-refractivity contribution >= 4 is 5.97 Å². The van der Waals surface area contributed by atoms with Crippen LogP contribution in [0.3, 0.4) is 0 Å². The van der Waals surface area contributed by atoms with Gasteiger partial charge in [0.1, 0.15) is 12.2 Å². The first kappa shape index (κ1) is 20.3. The van der Waals surface area contributed by atoms with Gasteiger partial charge in [-0.15, -0.1) is 0 Å². The van der Waals surface area contributed by atoms with Gasteiger partial charge in [0.05, 0.1) is 18.8 Å². The van der Waals surface area contributed by atoms with Gasteiger partial charge >= 0.3 is 5.97 Å². The molecule has 7 nitrogen and oxygen atoms in total. The number of aliphatic hydroxyl groups excluding tert-OH is 4. The molecule has 4 atom stereocenters. The number of nitrogens with zero attached hydrogens (tertiary/aromatic N) is 1. The maximum Gasteiger partial charge on any atom is 0.317 e. The highest BCUT2D eigenvalue weighted by molar-refractivity contribution is 5.69. The molecule has 0 amide bonds. The van der Waals surface area contributed by atoms with Crippen LogP contribution in [0.5, 0.6) is 0 Å². The van der Waals surface area contributed by atoms with E-state index in [9.17, 15) is 25.2 Å². The van der Waals surface area contributed by atoms with E-state index in [2.05, 4.69) is 0 Å². The number of carbonyl (C=O) groups is 1. The number of rotatable bonds is 9. The zero-order valence-corrected chi connectivity index (χ0v) is 13.2. The highest BCUT2D eigenvalue weighted by Gasteiger charge is 2.31. The Morgan fingerprint density at radius 1 is 1.05 bits per heavy atom. The fraction of sp³-hybridized carbons (Fsp3) is 0.929. The number of aliphatic hydroxyl groups is 4. The molecule has 0 fully saturated rings. The van der Waals surface area contributed by atoms with Crippen LogP contribution in [0, 0.1) is 5.41 Å². The van der Waals surface area contributed by atoms with Gasteiger partial charge in [-0.25, -0.2) is 0 Å². The molecule has 0 aromatic rings. The fourth-order valence-electron chi connectivity index (χ4n) is 2.12. The van der Waals surface area contributed by atoms with Gasteiger partial charge in [-0.2, -0.15) is 0 Å². The van der Waals surface area contributed by atoms with Gasteiger partial charge in [-0.1, -0.05) is 27.7 Å². The first-order chi connectivity index (χ1) is 9.47. The molecule has 0 aliphatic heterocycles. The third kappa shape index (κ3) is 8.33. The quantitative estimate of drug-likeness (QED) is 0.381. The standard InChI is InChI=1S/C14H29NO6/c1-5-9(16)12(20)13(21)10(17)6-15(7-11(18)19)8-14(2,3)4/h9-10,12-13,16-17,20-21H,5-8H2,1-4H3,(H,18,19). The van der Waals surface area contributed by atoms with E-state index >= 15 is 0 Å². The van der Waals surface area contributed by atoms with Crippen molar-refractivity contribution in [3.8, 4) is 0 Å². The number of hydrogen-bond donors (Lipinski definition) is 5. The van der Waals surface area contributed by atoms with Crippen LogP contribution in [-0.2, 0) is 4.79 Å². The van der Waals surface area contributed by atoms with Crippen LogP contribution in [0.1, 0.15) is 34.1 Å². The Bertz CT molecular complexity index is 317. The van der Waals surface area contributed by atoms with E-state index in [0.29, 0.717) is 6.54 Å². The lowest BCUT2D eigenvalue weighted by atomic mass is 9.95. The monoisotopic (exact) mass is 307 g/mol. The smallest absolute Gasteiger partial charge is 0.317 e. The second-order valence-electron chi connectivity index (χ2n) is 6.65.